The highest BCUT2D eigenvalue weighted by atomic mass is 79.9. The van der Waals surface area contributed by atoms with Gasteiger partial charge in [0, 0.05) is 4.47 Å². The third kappa shape index (κ3) is 3.42. The van der Waals surface area contributed by atoms with Crippen molar-refractivity contribution < 1.29 is 0 Å². The normalized spacial score (nSPS) is 10.9. The van der Waals surface area contributed by atoms with Gasteiger partial charge in [-0.3, -0.25) is 0 Å². The zero-order valence-electron chi connectivity index (χ0n) is 11.4. The maximum Gasteiger partial charge on any atom is 0.0831 e. The van der Waals surface area contributed by atoms with Crippen LogP contribution < -0.4 is 5.73 Å². The number of halogens is 1. The van der Waals surface area contributed by atoms with Crippen LogP contribution in [-0.4, -0.2) is 21.5 Å². The Balaban J connectivity index is 2.18. The van der Waals surface area contributed by atoms with Crippen LogP contribution >= 0.6 is 15.9 Å². The molecule has 0 amide bonds. The van der Waals surface area contributed by atoms with E-state index in [-0.39, 0.29) is 0 Å². The first kappa shape index (κ1) is 14.2. The molecule has 0 spiro atoms. The van der Waals surface area contributed by atoms with Crippen molar-refractivity contribution in [1.82, 2.24) is 15.0 Å². The molecule has 0 atom stereocenters. The summed E-state index contributed by atoms with van der Waals surface area (Å²) in [5.74, 6) is 0. The first-order valence-electron chi connectivity index (χ1n) is 6.50. The third-order valence-electron chi connectivity index (χ3n) is 3.11. The Kier molecular flexibility index (Phi) is 4.71. The second-order valence-electron chi connectivity index (χ2n) is 4.79. The summed E-state index contributed by atoms with van der Waals surface area (Å²) < 4.78 is 2.99. The van der Waals surface area contributed by atoms with Gasteiger partial charge in [0.15, 0.2) is 0 Å². The van der Waals surface area contributed by atoms with Gasteiger partial charge in [-0.15, -0.1) is 5.10 Å². The Morgan fingerprint density at radius 3 is 2.53 bits per heavy atom. The smallest absolute Gasteiger partial charge is 0.0831 e. The minimum Gasteiger partial charge on any atom is -0.330 e. The topological polar surface area (TPSA) is 56.7 Å². The molecule has 1 heterocycles. The van der Waals surface area contributed by atoms with E-state index in [0.717, 1.165) is 41.7 Å². The summed E-state index contributed by atoms with van der Waals surface area (Å²) in [6.45, 7) is 4.90. The van der Waals surface area contributed by atoms with Crippen LogP contribution in [0.5, 0.6) is 0 Å². The highest BCUT2D eigenvalue weighted by molar-refractivity contribution is 9.10. The molecule has 0 fully saturated rings. The maximum absolute atomic E-state index is 5.49. The monoisotopic (exact) mass is 322 g/mol. The van der Waals surface area contributed by atoms with Gasteiger partial charge in [-0.1, -0.05) is 21.1 Å². The number of unbranched alkanes of at least 4 members (excludes halogenated alkanes) is 1. The molecule has 0 unspecified atom stereocenters. The number of benzene rings is 1. The van der Waals surface area contributed by atoms with Gasteiger partial charge in [-0.2, -0.15) is 0 Å². The van der Waals surface area contributed by atoms with Crippen molar-refractivity contribution in [2.24, 2.45) is 5.73 Å². The van der Waals surface area contributed by atoms with Gasteiger partial charge in [0.05, 0.1) is 17.6 Å². The van der Waals surface area contributed by atoms with Crippen molar-refractivity contribution in [3.63, 3.8) is 0 Å². The number of hydrogen-bond acceptors (Lipinski definition) is 3. The van der Waals surface area contributed by atoms with Crippen LogP contribution in [0.2, 0.25) is 0 Å². The zero-order chi connectivity index (χ0) is 13.8. The van der Waals surface area contributed by atoms with Gasteiger partial charge >= 0.3 is 0 Å². The second kappa shape index (κ2) is 6.30. The van der Waals surface area contributed by atoms with E-state index in [4.69, 9.17) is 5.73 Å². The summed E-state index contributed by atoms with van der Waals surface area (Å²) in [4.78, 5) is 0. The third-order valence-corrected chi connectivity index (χ3v) is 4.36. The average molecular weight is 323 g/mol. The summed E-state index contributed by atoms with van der Waals surface area (Å²) in [6.07, 6.45) is 5.03. The number of aromatic nitrogens is 3. The van der Waals surface area contributed by atoms with Gasteiger partial charge in [-0.05, 0) is 62.9 Å². The summed E-state index contributed by atoms with van der Waals surface area (Å²) in [6, 6.07) is 4.21. The first-order valence-corrected chi connectivity index (χ1v) is 7.29. The molecule has 2 N–H and O–H groups in total. The molecule has 0 saturated heterocycles. The van der Waals surface area contributed by atoms with Crippen molar-refractivity contribution in [2.75, 3.05) is 6.54 Å². The van der Waals surface area contributed by atoms with Gasteiger partial charge in [-0.25, -0.2) is 4.68 Å². The summed E-state index contributed by atoms with van der Waals surface area (Å²) >= 11 is 3.58. The molecule has 5 heteroatoms. The fourth-order valence-electron chi connectivity index (χ4n) is 2.04. The van der Waals surface area contributed by atoms with Gasteiger partial charge in [0.2, 0.25) is 0 Å². The summed E-state index contributed by atoms with van der Waals surface area (Å²) in [5.41, 5.74) is 9.97. The average Bonchev–Trinajstić information content (AvgIpc) is 2.84. The lowest BCUT2D eigenvalue weighted by Gasteiger charge is -2.07. The Bertz CT molecular complexity index is 539. The van der Waals surface area contributed by atoms with E-state index in [1.807, 2.05) is 10.9 Å². The van der Waals surface area contributed by atoms with E-state index in [1.165, 1.54) is 11.1 Å². The minimum atomic E-state index is 0.735. The summed E-state index contributed by atoms with van der Waals surface area (Å²) in [7, 11) is 0. The Morgan fingerprint density at radius 1 is 1.21 bits per heavy atom. The fourth-order valence-corrected chi connectivity index (χ4v) is 2.27. The molecular formula is C14H19BrN4. The number of rotatable bonds is 5. The molecule has 4 nitrogen and oxygen atoms in total. The zero-order valence-corrected chi connectivity index (χ0v) is 12.9. The van der Waals surface area contributed by atoms with Crippen LogP contribution in [0.3, 0.4) is 0 Å². The van der Waals surface area contributed by atoms with Gasteiger partial charge in [0.25, 0.3) is 0 Å². The predicted molar refractivity (Wildman–Crippen MR) is 80.5 cm³/mol. The standard InChI is InChI=1S/C14H19BrN4/c1-10-7-13(8-11(2)14(10)15)19-9-12(17-18-19)5-3-4-6-16/h7-9H,3-6,16H2,1-2H3. The number of nitrogens with zero attached hydrogens (tertiary/aromatic N) is 3. The van der Waals surface area contributed by atoms with Crippen LogP contribution in [0, 0.1) is 13.8 Å². The molecule has 2 rings (SSSR count). The molecule has 0 aliphatic carbocycles. The maximum atomic E-state index is 5.49. The van der Waals surface area contributed by atoms with Crippen molar-refractivity contribution in [3.05, 3.63) is 39.6 Å². The fraction of sp³-hybridized carbons (Fsp3) is 0.429. The van der Waals surface area contributed by atoms with E-state index in [1.54, 1.807) is 0 Å². The highest BCUT2D eigenvalue weighted by Crippen LogP contribution is 2.24. The van der Waals surface area contributed by atoms with E-state index in [0.29, 0.717) is 0 Å². The molecule has 1 aromatic carbocycles. The van der Waals surface area contributed by atoms with Crippen LogP contribution in [0.1, 0.15) is 29.7 Å². The van der Waals surface area contributed by atoms with Crippen LogP contribution in [-0.2, 0) is 6.42 Å². The SMILES string of the molecule is Cc1cc(-n2cc(CCCCN)nn2)cc(C)c1Br. The van der Waals surface area contributed by atoms with Crippen LogP contribution in [0.15, 0.2) is 22.8 Å². The quantitative estimate of drug-likeness (QED) is 0.861. The highest BCUT2D eigenvalue weighted by Gasteiger charge is 2.06. The van der Waals surface area contributed by atoms with Crippen molar-refractivity contribution in [1.29, 1.82) is 0 Å². The molecule has 102 valence electrons. The Morgan fingerprint density at radius 2 is 1.89 bits per heavy atom. The Hall–Kier alpha value is -1.20. The first-order chi connectivity index (χ1) is 9.11. The molecule has 0 bridgehead atoms. The molecule has 0 aliphatic rings. The molecule has 1 aromatic heterocycles. The number of hydrogen-bond donors (Lipinski definition) is 1. The predicted octanol–water partition coefficient (Wildman–Crippen LogP) is 2.93. The van der Waals surface area contributed by atoms with Crippen molar-refractivity contribution in [2.45, 2.75) is 33.1 Å². The van der Waals surface area contributed by atoms with E-state index < -0.39 is 0 Å². The van der Waals surface area contributed by atoms with Gasteiger partial charge in [0.1, 0.15) is 0 Å². The summed E-state index contributed by atoms with van der Waals surface area (Å²) in [5, 5.41) is 8.40. The molecule has 0 aliphatic heterocycles. The van der Waals surface area contributed by atoms with E-state index in [9.17, 15) is 0 Å². The van der Waals surface area contributed by atoms with Crippen molar-refractivity contribution in [3.8, 4) is 5.69 Å². The van der Waals surface area contributed by atoms with Crippen LogP contribution in [0.4, 0.5) is 0 Å². The van der Waals surface area contributed by atoms with Crippen molar-refractivity contribution >= 4 is 15.9 Å². The molecular weight excluding hydrogens is 304 g/mol. The second-order valence-corrected chi connectivity index (χ2v) is 5.59. The molecule has 0 saturated carbocycles. The number of nitrogens with two attached hydrogens (primary N) is 1. The lowest BCUT2D eigenvalue weighted by molar-refractivity contribution is 0.727. The molecule has 2 aromatic rings. The number of aryl methyl sites for hydroxylation is 3. The van der Waals surface area contributed by atoms with E-state index in [2.05, 4.69) is 52.2 Å². The van der Waals surface area contributed by atoms with Crippen LogP contribution in [0.25, 0.3) is 5.69 Å². The molecule has 19 heavy (non-hydrogen) atoms. The Labute approximate surface area is 122 Å². The minimum absolute atomic E-state index is 0.735. The molecule has 0 radical (unpaired) electrons. The lowest BCUT2D eigenvalue weighted by Crippen LogP contribution is -1.99. The lowest BCUT2D eigenvalue weighted by atomic mass is 10.1. The van der Waals surface area contributed by atoms with Gasteiger partial charge < -0.3 is 5.73 Å². The van der Waals surface area contributed by atoms with E-state index >= 15 is 0 Å². The largest absolute Gasteiger partial charge is 0.330 e.